The number of carbonyl (C=O) groups is 2. The lowest BCUT2D eigenvalue weighted by molar-refractivity contribution is -0.139. The van der Waals surface area contributed by atoms with E-state index in [2.05, 4.69) is 0 Å². The molecule has 0 bridgehead atoms. The minimum atomic E-state index is -4.84. The van der Waals surface area contributed by atoms with E-state index in [0.29, 0.717) is 5.56 Å². The van der Waals surface area contributed by atoms with Gasteiger partial charge in [-0.1, -0.05) is 72.3 Å². The van der Waals surface area contributed by atoms with Crippen LogP contribution in [0.4, 0.5) is 18.0 Å². The van der Waals surface area contributed by atoms with E-state index in [0.717, 1.165) is 11.6 Å². The topological polar surface area (TPSA) is 66.8 Å². The number of amides is 1. The van der Waals surface area contributed by atoms with Crippen LogP contribution in [0.3, 0.4) is 0 Å². The first-order chi connectivity index (χ1) is 16.6. The van der Waals surface area contributed by atoms with Crippen molar-refractivity contribution in [1.29, 1.82) is 0 Å². The number of halogens is 4. The van der Waals surface area contributed by atoms with Gasteiger partial charge >= 0.3 is 18.2 Å². The van der Waals surface area contributed by atoms with Gasteiger partial charge in [0.2, 0.25) is 0 Å². The normalized spacial score (nSPS) is 11.2. The van der Waals surface area contributed by atoms with Crippen LogP contribution in [0.5, 0.6) is 0 Å². The van der Waals surface area contributed by atoms with E-state index < -0.39 is 35.8 Å². The number of rotatable bonds is 8. The van der Waals surface area contributed by atoms with Crippen molar-refractivity contribution in [2.45, 2.75) is 32.7 Å². The summed E-state index contributed by atoms with van der Waals surface area (Å²) in [6.07, 6.45) is -6.48. The quantitative estimate of drug-likeness (QED) is 0.365. The van der Waals surface area contributed by atoms with Crippen molar-refractivity contribution >= 4 is 23.7 Å². The Morgan fingerprint density at radius 1 is 1.00 bits per heavy atom. The fourth-order valence-corrected chi connectivity index (χ4v) is 4.08. The first-order valence-electron chi connectivity index (χ1n) is 10.8. The van der Waals surface area contributed by atoms with Crippen LogP contribution in [0.25, 0.3) is 11.1 Å². The van der Waals surface area contributed by atoms with Crippen LogP contribution in [0.1, 0.15) is 29.2 Å². The molecule has 0 fully saturated rings. The highest BCUT2D eigenvalue weighted by Gasteiger charge is 2.37. The van der Waals surface area contributed by atoms with Crippen LogP contribution < -0.4 is 0 Å². The maximum absolute atomic E-state index is 13.9. The molecule has 9 heteroatoms. The Bertz CT molecular complexity index is 1180. The number of carboxylic acids is 1. The minimum absolute atomic E-state index is 0.0111. The molecule has 0 unspecified atom stereocenters. The van der Waals surface area contributed by atoms with Gasteiger partial charge in [0.15, 0.2) is 0 Å². The maximum Gasteiger partial charge on any atom is 0.416 e. The van der Waals surface area contributed by atoms with Gasteiger partial charge in [0.1, 0.15) is 6.61 Å². The van der Waals surface area contributed by atoms with Gasteiger partial charge < -0.3 is 14.7 Å². The van der Waals surface area contributed by atoms with Crippen molar-refractivity contribution in [2.24, 2.45) is 0 Å². The molecule has 184 valence electrons. The summed E-state index contributed by atoms with van der Waals surface area (Å²) < 4.78 is 47.1. The third kappa shape index (κ3) is 6.54. The van der Waals surface area contributed by atoms with Crippen LogP contribution in [-0.2, 0) is 35.3 Å². The summed E-state index contributed by atoms with van der Waals surface area (Å²) in [5.74, 6) is -1.44. The fourth-order valence-electron chi connectivity index (χ4n) is 3.75. The Kier molecular flexibility index (Phi) is 8.40. The third-order valence-electron chi connectivity index (χ3n) is 5.39. The molecular formula is C26H23ClF3NO4. The van der Waals surface area contributed by atoms with Crippen molar-refractivity contribution in [3.8, 4) is 11.1 Å². The van der Waals surface area contributed by atoms with Crippen LogP contribution in [-0.4, -0.2) is 28.6 Å². The molecule has 0 aliphatic carbocycles. The van der Waals surface area contributed by atoms with E-state index in [1.165, 1.54) is 4.90 Å². The van der Waals surface area contributed by atoms with Gasteiger partial charge in [-0.15, -0.1) is 0 Å². The van der Waals surface area contributed by atoms with Crippen LogP contribution in [0.15, 0.2) is 66.7 Å². The molecule has 0 aromatic heterocycles. The summed E-state index contributed by atoms with van der Waals surface area (Å²) >= 11 is 6.35. The number of hydrogen-bond donors (Lipinski definition) is 1. The van der Waals surface area contributed by atoms with Gasteiger partial charge in [-0.3, -0.25) is 4.79 Å². The summed E-state index contributed by atoms with van der Waals surface area (Å²) in [4.78, 5) is 25.6. The Morgan fingerprint density at radius 3 is 2.14 bits per heavy atom. The Balaban J connectivity index is 2.09. The molecule has 5 nitrogen and oxygen atoms in total. The molecule has 0 spiro atoms. The lowest BCUT2D eigenvalue weighted by Crippen LogP contribution is -2.32. The molecule has 0 aliphatic heterocycles. The zero-order chi connectivity index (χ0) is 25.6. The molecule has 0 saturated carbocycles. The predicted molar refractivity (Wildman–Crippen MR) is 126 cm³/mol. The summed E-state index contributed by atoms with van der Waals surface area (Å²) in [6, 6.07) is 18.1. The van der Waals surface area contributed by atoms with E-state index in [-0.39, 0.29) is 35.8 Å². The lowest BCUT2D eigenvalue weighted by atomic mass is 9.89. The molecule has 0 radical (unpaired) electrons. The van der Waals surface area contributed by atoms with Crippen LogP contribution in [0.2, 0.25) is 5.02 Å². The summed E-state index contributed by atoms with van der Waals surface area (Å²) in [6.45, 7) is 1.42. The molecule has 3 aromatic carbocycles. The maximum atomic E-state index is 13.9. The number of alkyl halides is 3. The molecule has 3 rings (SSSR count). The molecule has 0 heterocycles. The molecule has 0 saturated heterocycles. The minimum Gasteiger partial charge on any atom is -0.481 e. The first kappa shape index (κ1) is 26.1. The second-order valence-electron chi connectivity index (χ2n) is 7.73. The molecule has 35 heavy (non-hydrogen) atoms. The average molecular weight is 506 g/mol. The predicted octanol–water partition coefficient (Wildman–Crippen LogP) is 6.81. The van der Waals surface area contributed by atoms with Crippen LogP contribution >= 0.6 is 11.6 Å². The smallest absolute Gasteiger partial charge is 0.416 e. The average Bonchev–Trinajstić information content (AvgIpc) is 2.82. The van der Waals surface area contributed by atoms with Gasteiger partial charge in [-0.25, -0.2) is 4.79 Å². The highest BCUT2D eigenvalue weighted by molar-refractivity contribution is 6.33. The summed E-state index contributed by atoms with van der Waals surface area (Å²) in [5, 5.41) is 9.22. The van der Waals surface area contributed by atoms with E-state index in [9.17, 15) is 27.9 Å². The largest absolute Gasteiger partial charge is 0.481 e. The highest BCUT2D eigenvalue weighted by Crippen LogP contribution is 2.42. The number of nitrogens with zero attached hydrogens (tertiary/aromatic N) is 1. The van der Waals surface area contributed by atoms with Crippen LogP contribution in [0, 0.1) is 0 Å². The zero-order valence-electron chi connectivity index (χ0n) is 18.8. The molecule has 0 aliphatic rings. The number of aliphatic carboxylic acids is 1. The van der Waals surface area contributed by atoms with Gasteiger partial charge in [-0.2, -0.15) is 13.2 Å². The Hall–Kier alpha value is -3.52. The Morgan fingerprint density at radius 2 is 1.60 bits per heavy atom. The molecule has 3 aromatic rings. The van der Waals surface area contributed by atoms with Gasteiger partial charge in [-0.05, 0) is 35.2 Å². The van der Waals surface area contributed by atoms with E-state index >= 15 is 0 Å². The SMILES string of the molecule is CCN(Cc1c(CC(=O)O)c(C(F)(F)F)cc(Cl)c1-c1ccccc1)C(=O)OCc1ccccc1. The van der Waals surface area contributed by atoms with Crippen molar-refractivity contribution in [2.75, 3.05) is 6.54 Å². The lowest BCUT2D eigenvalue weighted by Gasteiger charge is -2.26. The van der Waals surface area contributed by atoms with Crippen molar-refractivity contribution in [3.63, 3.8) is 0 Å². The number of carbonyl (C=O) groups excluding carboxylic acids is 1. The van der Waals surface area contributed by atoms with E-state index in [4.69, 9.17) is 16.3 Å². The van der Waals surface area contributed by atoms with Crippen molar-refractivity contribution < 1.29 is 32.6 Å². The van der Waals surface area contributed by atoms with Gasteiger partial charge in [0.25, 0.3) is 0 Å². The molecule has 1 N–H and O–H groups in total. The third-order valence-corrected chi connectivity index (χ3v) is 5.69. The standard InChI is InChI=1S/C26H23ClF3NO4/c1-2-31(25(34)35-16-17-9-5-3-6-10-17)15-20-19(13-23(32)33)21(26(28,29)30)14-22(27)24(20)18-11-7-4-8-12-18/h3-12,14H,2,13,15-16H2,1H3,(H,32,33). The number of carboxylic acid groups (broad SMARTS) is 1. The number of ether oxygens (including phenoxy) is 1. The number of benzene rings is 3. The monoisotopic (exact) mass is 505 g/mol. The second-order valence-corrected chi connectivity index (χ2v) is 8.13. The fraction of sp³-hybridized carbons (Fsp3) is 0.231. The molecule has 0 atom stereocenters. The van der Waals surface area contributed by atoms with E-state index in [1.807, 2.05) is 6.07 Å². The van der Waals surface area contributed by atoms with Crippen molar-refractivity contribution in [1.82, 2.24) is 4.90 Å². The zero-order valence-corrected chi connectivity index (χ0v) is 19.6. The summed E-state index contributed by atoms with van der Waals surface area (Å²) in [5.41, 5.74) is -0.0873. The molecular weight excluding hydrogens is 483 g/mol. The van der Waals surface area contributed by atoms with E-state index in [1.54, 1.807) is 61.5 Å². The van der Waals surface area contributed by atoms with Crippen molar-refractivity contribution in [3.05, 3.63) is 94.0 Å². The van der Waals surface area contributed by atoms with Gasteiger partial charge in [0.05, 0.1) is 12.0 Å². The van der Waals surface area contributed by atoms with Gasteiger partial charge in [0, 0.05) is 23.7 Å². The number of hydrogen-bond acceptors (Lipinski definition) is 3. The summed E-state index contributed by atoms with van der Waals surface area (Å²) in [7, 11) is 0. The highest BCUT2D eigenvalue weighted by atomic mass is 35.5. The molecule has 1 amide bonds. The Labute approximate surface area is 205 Å². The first-order valence-corrected chi connectivity index (χ1v) is 11.1. The second kappa shape index (κ2) is 11.3.